The number of pyridine rings is 1. The number of nitrogens with one attached hydrogen (secondary N) is 1. The van der Waals surface area contributed by atoms with Crippen molar-refractivity contribution in [3.05, 3.63) is 65.5 Å². The minimum absolute atomic E-state index is 0.113. The normalized spacial score (nSPS) is 19.8. The van der Waals surface area contributed by atoms with E-state index in [1.165, 1.54) is 12.1 Å². The number of aromatic nitrogens is 2. The molecule has 0 saturated carbocycles. The number of benzene rings is 1. The lowest BCUT2D eigenvalue weighted by Crippen LogP contribution is -2.37. The Bertz CT molecular complexity index is 1110. The highest BCUT2D eigenvalue weighted by atomic mass is 32.2. The highest BCUT2D eigenvalue weighted by Crippen LogP contribution is 2.38. The molecule has 8 heteroatoms. The van der Waals surface area contributed by atoms with Crippen molar-refractivity contribution in [1.82, 2.24) is 14.9 Å². The maximum atomic E-state index is 14.4. The van der Waals surface area contributed by atoms with Gasteiger partial charge in [0, 0.05) is 30.0 Å². The molecule has 1 atom stereocenters. The summed E-state index contributed by atoms with van der Waals surface area (Å²) in [6.07, 6.45) is 7.01. The number of hydrogen-bond acceptors (Lipinski definition) is 4. The van der Waals surface area contributed by atoms with Crippen molar-refractivity contribution in [3.8, 4) is 0 Å². The van der Waals surface area contributed by atoms with Gasteiger partial charge in [0.1, 0.15) is 11.6 Å². The first kappa shape index (κ1) is 20.3. The summed E-state index contributed by atoms with van der Waals surface area (Å²) >= 11 is 1.92. The van der Waals surface area contributed by atoms with Crippen LogP contribution in [0.5, 0.6) is 0 Å². The van der Waals surface area contributed by atoms with E-state index in [2.05, 4.69) is 15.3 Å². The molecule has 2 aliphatic rings. The molecule has 0 radical (unpaired) electrons. The van der Waals surface area contributed by atoms with E-state index >= 15 is 0 Å². The average molecular weight is 443 g/mol. The van der Waals surface area contributed by atoms with Crippen molar-refractivity contribution < 1.29 is 13.6 Å². The van der Waals surface area contributed by atoms with Crippen LogP contribution in [0.2, 0.25) is 0 Å². The van der Waals surface area contributed by atoms with E-state index in [4.69, 9.17) is 0 Å². The molecule has 2 fully saturated rings. The lowest BCUT2D eigenvalue weighted by molar-refractivity contribution is 0.0936. The molecule has 0 bridgehead atoms. The highest BCUT2D eigenvalue weighted by molar-refractivity contribution is 7.99. The van der Waals surface area contributed by atoms with Crippen LogP contribution in [-0.4, -0.2) is 39.6 Å². The maximum Gasteiger partial charge on any atom is 0.255 e. The van der Waals surface area contributed by atoms with Crippen LogP contribution < -0.4 is 10.2 Å². The Labute approximate surface area is 183 Å². The summed E-state index contributed by atoms with van der Waals surface area (Å²) in [5.74, 6) is 1.19. The topological polar surface area (TPSA) is 49.6 Å². The minimum atomic E-state index is -0.436. The van der Waals surface area contributed by atoms with Crippen molar-refractivity contribution >= 4 is 28.9 Å². The number of thioether (sulfide) groups is 1. The fourth-order valence-corrected chi connectivity index (χ4v) is 5.70. The second-order valence-electron chi connectivity index (χ2n) is 8.15. The second-order valence-corrected chi connectivity index (χ2v) is 9.38. The van der Waals surface area contributed by atoms with E-state index in [0.29, 0.717) is 16.6 Å². The van der Waals surface area contributed by atoms with Gasteiger partial charge in [-0.3, -0.25) is 4.79 Å². The van der Waals surface area contributed by atoms with Gasteiger partial charge in [-0.15, -0.1) is 0 Å². The summed E-state index contributed by atoms with van der Waals surface area (Å²) in [5, 5.41) is 7.47. The number of halogens is 2. The van der Waals surface area contributed by atoms with Gasteiger partial charge in [-0.25, -0.2) is 13.3 Å². The molecule has 4 heterocycles. The monoisotopic (exact) mass is 442 g/mol. The largest absolute Gasteiger partial charge is 0.364 e. The van der Waals surface area contributed by atoms with Crippen LogP contribution in [0.1, 0.15) is 47.6 Å². The van der Waals surface area contributed by atoms with Gasteiger partial charge in [0.2, 0.25) is 0 Å². The maximum absolute atomic E-state index is 14.4. The molecule has 2 aromatic heterocycles. The van der Waals surface area contributed by atoms with E-state index in [1.54, 1.807) is 10.7 Å². The van der Waals surface area contributed by atoms with Crippen molar-refractivity contribution in [2.24, 2.45) is 0 Å². The number of nitrogens with zero attached hydrogens (tertiary/aromatic N) is 3. The van der Waals surface area contributed by atoms with E-state index in [-0.39, 0.29) is 18.0 Å². The molecule has 0 aliphatic carbocycles. The highest BCUT2D eigenvalue weighted by Gasteiger charge is 2.29. The van der Waals surface area contributed by atoms with Gasteiger partial charge >= 0.3 is 0 Å². The first-order valence-electron chi connectivity index (χ1n) is 10.7. The summed E-state index contributed by atoms with van der Waals surface area (Å²) in [7, 11) is 0. The number of fused-ring (bicyclic) bond motifs is 1. The zero-order valence-corrected chi connectivity index (χ0v) is 17.9. The Morgan fingerprint density at radius 3 is 2.81 bits per heavy atom. The summed E-state index contributed by atoms with van der Waals surface area (Å²) in [6, 6.07) is 7.42. The van der Waals surface area contributed by atoms with Gasteiger partial charge in [-0.1, -0.05) is 0 Å². The van der Waals surface area contributed by atoms with E-state index in [0.717, 1.165) is 55.5 Å². The molecule has 2 aliphatic heterocycles. The van der Waals surface area contributed by atoms with Gasteiger partial charge in [-0.2, -0.15) is 16.9 Å². The predicted molar refractivity (Wildman–Crippen MR) is 119 cm³/mol. The van der Waals surface area contributed by atoms with Gasteiger partial charge < -0.3 is 10.2 Å². The molecule has 0 unspecified atom stereocenters. The van der Waals surface area contributed by atoms with Gasteiger partial charge in [0.15, 0.2) is 0 Å². The van der Waals surface area contributed by atoms with Gasteiger partial charge in [0.25, 0.3) is 5.91 Å². The van der Waals surface area contributed by atoms with E-state index < -0.39 is 11.6 Å². The Morgan fingerprint density at radius 2 is 1.97 bits per heavy atom. The SMILES string of the molecule is O=C(NC1CCSCC1)c1cnn2ccc(N3CCC[C@@H]3c3cc(F)ccc3F)cc12. The van der Waals surface area contributed by atoms with Crippen molar-refractivity contribution in [3.63, 3.8) is 0 Å². The number of carbonyl (C=O) groups excluding carboxylic acids is 1. The van der Waals surface area contributed by atoms with Crippen molar-refractivity contribution in [2.75, 3.05) is 23.0 Å². The molecule has 5 nitrogen and oxygen atoms in total. The predicted octanol–water partition coefficient (Wildman–Crippen LogP) is 4.58. The van der Waals surface area contributed by atoms with Crippen LogP contribution in [0.25, 0.3) is 5.52 Å². The summed E-state index contributed by atoms with van der Waals surface area (Å²) in [4.78, 5) is 15.0. The van der Waals surface area contributed by atoms with Crippen LogP contribution in [0.15, 0.2) is 42.7 Å². The number of carbonyl (C=O) groups is 1. The molecule has 31 heavy (non-hydrogen) atoms. The van der Waals surface area contributed by atoms with E-state index in [1.807, 2.05) is 30.1 Å². The molecule has 0 spiro atoms. The molecule has 3 aromatic rings. The van der Waals surface area contributed by atoms with E-state index in [9.17, 15) is 13.6 Å². The third kappa shape index (κ3) is 4.01. The zero-order valence-electron chi connectivity index (χ0n) is 17.1. The molecule has 1 N–H and O–H groups in total. The fraction of sp³-hybridized carbons (Fsp3) is 0.391. The number of anilines is 1. The quantitative estimate of drug-likeness (QED) is 0.643. The van der Waals surface area contributed by atoms with Crippen molar-refractivity contribution in [1.29, 1.82) is 0 Å². The summed E-state index contributed by atoms with van der Waals surface area (Å²) in [6.45, 7) is 0.742. The standard InChI is InChI=1S/C23H24F2N4OS/c24-15-3-4-20(25)18(12-15)21-2-1-8-28(21)17-5-9-29-22(13-17)19(14-26-29)23(30)27-16-6-10-31-11-7-16/h3-5,9,12-14,16,21H,1-2,6-8,10-11H2,(H,27,30)/t21-/m1/s1. The number of rotatable bonds is 4. The van der Waals surface area contributed by atoms with Gasteiger partial charge in [0.05, 0.1) is 23.3 Å². The fourth-order valence-electron chi connectivity index (χ4n) is 4.60. The molecule has 1 amide bonds. The van der Waals surface area contributed by atoms with Crippen LogP contribution in [0, 0.1) is 11.6 Å². The first-order chi connectivity index (χ1) is 15.1. The molecular formula is C23H24F2N4OS. The number of amides is 1. The molecule has 162 valence electrons. The average Bonchev–Trinajstić information content (AvgIpc) is 3.43. The van der Waals surface area contributed by atoms with Crippen LogP contribution >= 0.6 is 11.8 Å². The Kier molecular flexibility index (Phi) is 5.56. The molecular weight excluding hydrogens is 418 g/mol. The number of hydrogen-bond donors (Lipinski definition) is 1. The molecule has 5 rings (SSSR count). The second kappa shape index (κ2) is 8.49. The van der Waals surface area contributed by atoms with Crippen LogP contribution in [0.4, 0.5) is 14.5 Å². The molecule has 2 saturated heterocycles. The van der Waals surface area contributed by atoms with Crippen LogP contribution in [0.3, 0.4) is 0 Å². The Morgan fingerprint density at radius 1 is 1.13 bits per heavy atom. The van der Waals surface area contributed by atoms with Crippen molar-refractivity contribution in [2.45, 2.75) is 37.8 Å². The Balaban J connectivity index is 1.44. The van der Waals surface area contributed by atoms with Crippen LogP contribution in [-0.2, 0) is 0 Å². The molecule has 1 aromatic carbocycles. The summed E-state index contributed by atoms with van der Waals surface area (Å²) in [5.41, 5.74) is 2.50. The third-order valence-electron chi connectivity index (χ3n) is 6.21. The lowest BCUT2D eigenvalue weighted by Gasteiger charge is -2.27. The Hall–Kier alpha value is -2.61. The minimum Gasteiger partial charge on any atom is -0.364 e. The smallest absolute Gasteiger partial charge is 0.255 e. The first-order valence-corrected chi connectivity index (χ1v) is 11.8. The lowest BCUT2D eigenvalue weighted by atomic mass is 10.0. The summed E-state index contributed by atoms with van der Waals surface area (Å²) < 4.78 is 29.9. The third-order valence-corrected chi connectivity index (χ3v) is 7.26. The zero-order chi connectivity index (χ0) is 21.4. The van der Waals surface area contributed by atoms with Gasteiger partial charge in [-0.05, 0) is 67.5 Å².